The van der Waals surface area contributed by atoms with E-state index in [1.165, 1.54) is 12.1 Å². The van der Waals surface area contributed by atoms with E-state index in [0.717, 1.165) is 17.3 Å². The lowest BCUT2D eigenvalue weighted by atomic mass is 10.1. The number of hydrogen-bond acceptors (Lipinski definition) is 3. The maximum Gasteiger partial charge on any atom is 0.256 e. The number of hydrogen-bond donors (Lipinski definition) is 2. The van der Waals surface area contributed by atoms with Crippen molar-refractivity contribution in [1.29, 1.82) is 0 Å². The number of rotatable bonds is 4. The number of halogens is 1. The molecule has 0 aliphatic carbocycles. The van der Waals surface area contributed by atoms with Gasteiger partial charge in [0, 0.05) is 31.4 Å². The molecule has 1 saturated heterocycles. The highest BCUT2D eigenvalue weighted by Crippen LogP contribution is 2.30. The molecule has 2 aliphatic heterocycles. The van der Waals surface area contributed by atoms with Crippen LogP contribution in [0.2, 0.25) is 0 Å². The van der Waals surface area contributed by atoms with Crippen LogP contribution in [-0.4, -0.2) is 39.8 Å². The molecule has 1 aromatic heterocycles. The van der Waals surface area contributed by atoms with Gasteiger partial charge in [0.15, 0.2) is 0 Å². The van der Waals surface area contributed by atoms with E-state index in [-0.39, 0.29) is 30.0 Å². The van der Waals surface area contributed by atoms with Gasteiger partial charge in [-0.1, -0.05) is 0 Å². The van der Waals surface area contributed by atoms with Gasteiger partial charge < -0.3 is 20.1 Å². The third kappa shape index (κ3) is 3.54. The minimum Gasteiger partial charge on any atom is -0.347 e. The third-order valence-electron chi connectivity index (χ3n) is 5.92. The molecule has 8 heteroatoms. The summed E-state index contributed by atoms with van der Waals surface area (Å²) in [6.07, 6.45) is 3.48. The summed E-state index contributed by atoms with van der Waals surface area (Å²) in [4.78, 5) is 39.4. The van der Waals surface area contributed by atoms with E-state index in [2.05, 4.69) is 10.6 Å². The standard InChI is InChI=1S/C23H21FN4O3/c24-15-4-3-14-7-10-27(20(14)12-15)11-8-21(29)25-16-5-6-18-17(13-16)23(31)28-9-1-2-19(28)22(30)26-18/h3-7,10,12-13,19H,1-2,8-9,11H2,(H,25,29)(H,26,30)/t19-/m0/s1. The van der Waals surface area contributed by atoms with Gasteiger partial charge in [-0.25, -0.2) is 4.39 Å². The summed E-state index contributed by atoms with van der Waals surface area (Å²) in [6.45, 7) is 0.951. The van der Waals surface area contributed by atoms with E-state index in [1.807, 2.05) is 16.8 Å². The van der Waals surface area contributed by atoms with Crippen LogP contribution in [-0.2, 0) is 16.1 Å². The van der Waals surface area contributed by atoms with Crippen LogP contribution in [0.1, 0.15) is 29.6 Å². The first kappa shape index (κ1) is 19.3. The Morgan fingerprint density at radius 2 is 2.03 bits per heavy atom. The van der Waals surface area contributed by atoms with Crippen molar-refractivity contribution in [3.05, 3.63) is 60.0 Å². The molecule has 3 aromatic rings. The van der Waals surface area contributed by atoms with Crippen LogP contribution in [0.5, 0.6) is 0 Å². The average molecular weight is 420 g/mol. The second-order valence-corrected chi connectivity index (χ2v) is 7.92. The first-order chi connectivity index (χ1) is 15.0. The molecule has 0 bridgehead atoms. The molecule has 0 saturated carbocycles. The minimum atomic E-state index is -0.431. The Balaban J connectivity index is 1.30. The first-order valence-corrected chi connectivity index (χ1v) is 10.3. The van der Waals surface area contributed by atoms with Crippen LogP contribution >= 0.6 is 0 Å². The number of fused-ring (bicyclic) bond motifs is 3. The Morgan fingerprint density at radius 1 is 1.16 bits per heavy atom. The third-order valence-corrected chi connectivity index (χ3v) is 5.92. The van der Waals surface area contributed by atoms with E-state index in [9.17, 15) is 18.8 Å². The van der Waals surface area contributed by atoms with Crippen LogP contribution in [0, 0.1) is 5.82 Å². The van der Waals surface area contributed by atoms with Crippen LogP contribution < -0.4 is 10.6 Å². The molecule has 1 fully saturated rings. The summed E-state index contributed by atoms with van der Waals surface area (Å²) in [5, 5.41) is 6.55. The lowest BCUT2D eigenvalue weighted by molar-refractivity contribution is -0.119. The molecular formula is C23H21FN4O3. The fourth-order valence-corrected chi connectivity index (χ4v) is 4.36. The zero-order chi connectivity index (χ0) is 21.5. The molecule has 0 unspecified atom stereocenters. The zero-order valence-electron chi connectivity index (χ0n) is 16.7. The van der Waals surface area contributed by atoms with Gasteiger partial charge in [-0.15, -0.1) is 0 Å². The quantitative estimate of drug-likeness (QED) is 0.679. The molecule has 2 N–H and O–H groups in total. The molecule has 7 nitrogen and oxygen atoms in total. The van der Waals surface area contributed by atoms with Crippen molar-refractivity contribution in [3.63, 3.8) is 0 Å². The van der Waals surface area contributed by atoms with E-state index in [4.69, 9.17) is 0 Å². The number of benzene rings is 2. The van der Waals surface area contributed by atoms with Gasteiger partial charge in [-0.2, -0.15) is 0 Å². The molecule has 2 aliphatic rings. The number of nitrogens with zero attached hydrogens (tertiary/aromatic N) is 2. The SMILES string of the molecule is O=C(CCn1ccc2ccc(F)cc21)Nc1ccc2c(c1)C(=O)N1CCC[C@H]1C(=O)N2. The topological polar surface area (TPSA) is 83.4 Å². The Morgan fingerprint density at radius 3 is 2.90 bits per heavy atom. The molecule has 31 heavy (non-hydrogen) atoms. The van der Waals surface area contributed by atoms with Crippen molar-refractivity contribution in [2.45, 2.75) is 31.8 Å². The number of nitrogens with one attached hydrogen (secondary N) is 2. The lowest BCUT2D eigenvalue weighted by Crippen LogP contribution is -2.40. The van der Waals surface area contributed by atoms with Gasteiger partial charge in [0.2, 0.25) is 11.8 Å². The largest absolute Gasteiger partial charge is 0.347 e. The van der Waals surface area contributed by atoms with Crippen molar-refractivity contribution in [2.75, 3.05) is 17.2 Å². The van der Waals surface area contributed by atoms with E-state index < -0.39 is 6.04 Å². The molecule has 3 amide bonds. The fraction of sp³-hybridized carbons (Fsp3) is 0.261. The second kappa shape index (κ2) is 7.54. The number of anilines is 2. The van der Waals surface area contributed by atoms with E-state index >= 15 is 0 Å². The Hall–Kier alpha value is -3.68. The number of carbonyl (C=O) groups excluding carboxylic acids is 3. The van der Waals surface area contributed by atoms with Gasteiger partial charge >= 0.3 is 0 Å². The second-order valence-electron chi connectivity index (χ2n) is 7.92. The summed E-state index contributed by atoms with van der Waals surface area (Å²) in [6, 6.07) is 10.9. The molecule has 3 heterocycles. The fourth-order valence-electron chi connectivity index (χ4n) is 4.36. The Labute approximate surface area is 177 Å². The van der Waals surface area contributed by atoms with Gasteiger partial charge in [0.05, 0.1) is 16.8 Å². The predicted molar refractivity (Wildman–Crippen MR) is 114 cm³/mol. The van der Waals surface area contributed by atoms with Crippen molar-refractivity contribution in [1.82, 2.24) is 9.47 Å². The normalized spacial score (nSPS) is 17.8. The zero-order valence-corrected chi connectivity index (χ0v) is 16.7. The molecule has 2 aromatic carbocycles. The Bertz CT molecular complexity index is 1220. The molecule has 5 rings (SSSR count). The number of aromatic nitrogens is 1. The van der Waals surface area contributed by atoms with Crippen LogP contribution in [0.3, 0.4) is 0 Å². The first-order valence-electron chi connectivity index (χ1n) is 10.3. The summed E-state index contributed by atoms with van der Waals surface area (Å²) < 4.78 is 15.4. The summed E-state index contributed by atoms with van der Waals surface area (Å²) in [5.41, 5.74) is 2.07. The van der Waals surface area contributed by atoms with E-state index in [1.54, 1.807) is 29.2 Å². The van der Waals surface area contributed by atoms with Crippen molar-refractivity contribution >= 4 is 40.0 Å². The maximum atomic E-state index is 13.5. The maximum absolute atomic E-state index is 13.5. The van der Waals surface area contributed by atoms with Gasteiger partial charge in [-0.05, 0) is 60.7 Å². The monoisotopic (exact) mass is 420 g/mol. The average Bonchev–Trinajstić information content (AvgIpc) is 3.38. The highest BCUT2D eigenvalue weighted by atomic mass is 19.1. The number of carbonyl (C=O) groups is 3. The van der Waals surface area contributed by atoms with Crippen LogP contribution in [0.4, 0.5) is 15.8 Å². The number of amides is 3. The highest BCUT2D eigenvalue weighted by Gasteiger charge is 2.38. The van der Waals surface area contributed by atoms with Gasteiger partial charge in [0.1, 0.15) is 11.9 Å². The smallest absolute Gasteiger partial charge is 0.256 e. The molecule has 1 atom stereocenters. The predicted octanol–water partition coefficient (Wildman–Crippen LogP) is 3.37. The van der Waals surface area contributed by atoms with Crippen molar-refractivity contribution < 1.29 is 18.8 Å². The van der Waals surface area contributed by atoms with Crippen molar-refractivity contribution in [2.24, 2.45) is 0 Å². The number of aryl methyl sites for hydroxylation is 1. The van der Waals surface area contributed by atoms with E-state index in [0.29, 0.717) is 36.4 Å². The molecule has 158 valence electrons. The summed E-state index contributed by atoms with van der Waals surface area (Å²) in [5.74, 6) is -0.911. The summed E-state index contributed by atoms with van der Waals surface area (Å²) in [7, 11) is 0. The molecule has 0 radical (unpaired) electrons. The van der Waals surface area contributed by atoms with Gasteiger partial charge in [-0.3, -0.25) is 14.4 Å². The van der Waals surface area contributed by atoms with Crippen LogP contribution in [0.15, 0.2) is 48.7 Å². The van der Waals surface area contributed by atoms with Crippen molar-refractivity contribution in [3.8, 4) is 0 Å². The highest BCUT2D eigenvalue weighted by molar-refractivity contribution is 6.11. The minimum absolute atomic E-state index is 0.170. The van der Waals surface area contributed by atoms with Gasteiger partial charge in [0.25, 0.3) is 5.91 Å². The Kier molecular flexibility index (Phi) is 4.69. The summed E-state index contributed by atoms with van der Waals surface area (Å²) >= 11 is 0. The van der Waals surface area contributed by atoms with Crippen LogP contribution in [0.25, 0.3) is 10.9 Å². The molecular weight excluding hydrogens is 399 g/mol. The lowest BCUT2D eigenvalue weighted by Gasteiger charge is -2.20. The molecule has 0 spiro atoms.